The van der Waals surface area contributed by atoms with Crippen molar-refractivity contribution in [3.05, 3.63) is 40.4 Å². The topological polar surface area (TPSA) is 24.9 Å². The SMILES string of the molecule is CNCCCc1csc(-c2ccc(Cl)cc2)n1. The molecule has 0 bridgehead atoms. The third-order valence-electron chi connectivity index (χ3n) is 2.50. The Bertz CT molecular complexity index is 465. The fourth-order valence-corrected chi connectivity index (χ4v) is 2.58. The normalized spacial score (nSPS) is 10.7. The lowest BCUT2D eigenvalue weighted by molar-refractivity contribution is 0.718. The molecule has 1 aromatic carbocycles. The quantitative estimate of drug-likeness (QED) is 0.837. The van der Waals surface area contributed by atoms with E-state index in [1.807, 2.05) is 31.3 Å². The Balaban J connectivity index is 2.04. The Labute approximate surface area is 111 Å². The van der Waals surface area contributed by atoms with E-state index >= 15 is 0 Å². The molecule has 0 radical (unpaired) electrons. The largest absolute Gasteiger partial charge is 0.320 e. The van der Waals surface area contributed by atoms with Gasteiger partial charge in [0.1, 0.15) is 5.01 Å². The number of aromatic nitrogens is 1. The monoisotopic (exact) mass is 266 g/mol. The summed E-state index contributed by atoms with van der Waals surface area (Å²) in [4.78, 5) is 4.63. The van der Waals surface area contributed by atoms with Crippen LogP contribution in [0.25, 0.3) is 10.6 Å². The van der Waals surface area contributed by atoms with E-state index in [2.05, 4.69) is 15.7 Å². The number of thiazole rings is 1. The molecule has 0 unspecified atom stereocenters. The van der Waals surface area contributed by atoms with Crippen molar-refractivity contribution in [2.45, 2.75) is 12.8 Å². The van der Waals surface area contributed by atoms with Crippen LogP contribution >= 0.6 is 22.9 Å². The van der Waals surface area contributed by atoms with Gasteiger partial charge in [-0.1, -0.05) is 23.7 Å². The molecule has 2 aromatic rings. The van der Waals surface area contributed by atoms with Crippen LogP contribution in [-0.4, -0.2) is 18.6 Å². The third-order valence-corrected chi connectivity index (χ3v) is 3.69. The van der Waals surface area contributed by atoms with Crippen molar-refractivity contribution >= 4 is 22.9 Å². The van der Waals surface area contributed by atoms with Gasteiger partial charge in [-0.25, -0.2) is 4.98 Å². The van der Waals surface area contributed by atoms with E-state index in [0.717, 1.165) is 35.0 Å². The third kappa shape index (κ3) is 3.53. The van der Waals surface area contributed by atoms with Gasteiger partial charge in [0, 0.05) is 16.0 Å². The van der Waals surface area contributed by atoms with E-state index in [1.54, 1.807) is 11.3 Å². The predicted molar refractivity (Wildman–Crippen MR) is 74.8 cm³/mol. The first-order valence-corrected chi connectivity index (χ1v) is 6.90. The first-order chi connectivity index (χ1) is 8.29. The number of benzene rings is 1. The summed E-state index contributed by atoms with van der Waals surface area (Å²) >= 11 is 7.56. The summed E-state index contributed by atoms with van der Waals surface area (Å²) < 4.78 is 0. The number of nitrogens with one attached hydrogen (secondary N) is 1. The highest BCUT2D eigenvalue weighted by Crippen LogP contribution is 2.25. The lowest BCUT2D eigenvalue weighted by Crippen LogP contribution is -2.08. The zero-order valence-corrected chi connectivity index (χ0v) is 11.3. The van der Waals surface area contributed by atoms with Gasteiger partial charge in [-0.05, 0) is 38.6 Å². The molecule has 4 heteroatoms. The molecule has 1 aromatic heterocycles. The minimum atomic E-state index is 0.763. The lowest BCUT2D eigenvalue weighted by atomic mass is 10.2. The highest BCUT2D eigenvalue weighted by molar-refractivity contribution is 7.13. The van der Waals surface area contributed by atoms with E-state index in [1.165, 1.54) is 5.69 Å². The van der Waals surface area contributed by atoms with Crippen LogP contribution in [0.5, 0.6) is 0 Å². The lowest BCUT2D eigenvalue weighted by Gasteiger charge is -1.97. The fourth-order valence-electron chi connectivity index (χ4n) is 1.59. The number of hydrogen-bond donors (Lipinski definition) is 1. The number of hydrogen-bond acceptors (Lipinski definition) is 3. The molecular formula is C13H15ClN2S. The maximum atomic E-state index is 5.86. The van der Waals surface area contributed by atoms with Gasteiger partial charge in [0.05, 0.1) is 5.69 Å². The van der Waals surface area contributed by atoms with Gasteiger partial charge in [0.15, 0.2) is 0 Å². The first kappa shape index (κ1) is 12.6. The molecule has 0 aliphatic heterocycles. The zero-order valence-electron chi connectivity index (χ0n) is 9.74. The molecule has 0 saturated heterocycles. The second-order valence-corrected chi connectivity index (χ2v) is 5.15. The van der Waals surface area contributed by atoms with Crippen molar-refractivity contribution in [3.8, 4) is 10.6 Å². The maximum Gasteiger partial charge on any atom is 0.123 e. The van der Waals surface area contributed by atoms with Crippen molar-refractivity contribution in [2.24, 2.45) is 0 Å². The maximum absolute atomic E-state index is 5.86. The van der Waals surface area contributed by atoms with Crippen LogP contribution in [0.3, 0.4) is 0 Å². The summed E-state index contributed by atoms with van der Waals surface area (Å²) in [6, 6.07) is 7.83. The average molecular weight is 267 g/mol. The number of aryl methyl sites for hydroxylation is 1. The van der Waals surface area contributed by atoms with Gasteiger partial charge in [0.2, 0.25) is 0 Å². The Morgan fingerprint density at radius 2 is 2.06 bits per heavy atom. The van der Waals surface area contributed by atoms with E-state index < -0.39 is 0 Å². The molecule has 2 nitrogen and oxygen atoms in total. The zero-order chi connectivity index (χ0) is 12.1. The minimum Gasteiger partial charge on any atom is -0.320 e. The van der Waals surface area contributed by atoms with Gasteiger partial charge in [-0.15, -0.1) is 11.3 Å². The molecule has 0 fully saturated rings. The molecule has 1 N–H and O–H groups in total. The highest BCUT2D eigenvalue weighted by atomic mass is 35.5. The molecule has 0 aliphatic rings. The first-order valence-electron chi connectivity index (χ1n) is 5.64. The molecule has 0 amide bonds. The fraction of sp³-hybridized carbons (Fsp3) is 0.308. The second kappa shape index (κ2) is 6.15. The summed E-state index contributed by atoms with van der Waals surface area (Å²) in [6.45, 7) is 1.04. The smallest absolute Gasteiger partial charge is 0.123 e. The van der Waals surface area contributed by atoms with Gasteiger partial charge >= 0.3 is 0 Å². The molecule has 0 atom stereocenters. The number of halogens is 1. The summed E-state index contributed by atoms with van der Waals surface area (Å²) in [5.41, 5.74) is 2.31. The Hall–Kier alpha value is -0.900. The van der Waals surface area contributed by atoms with E-state index in [9.17, 15) is 0 Å². The number of nitrogens with zero attached hydrogens (tertiary/aromatic N) is 1. The standard InChI is InChI=1S/C13H15ClN2S/c1-15-8-2-3-12-9-17-13(16-12)10-4-6-11(14)7-5-10/h4-7,9,15H,2-3,8H2,1H3. The van der Waals surface area contributed by atoms with Crippen LogP contribution in [0.1, 0.15) is 12.1 Å². The van der Waals surface area contributed by atoms with Crippen molar-refractivity contribution in [1.82, 2.24) is 10.3 Å². The van der Waals surface area contributed by atoms with Crippen molar-refractivity contribution in [1.29, 1.82) is 0 Å². The summed E-state index contributed by atoms with van der Waals surface area (Å²) in [7, 11) is 1.97. The molecular weight excluding hydrogens is 252 g/mol. The Morgan fingerprint density at radius 3 is 2.76 bits per heavy atom. The van der Waals surface area contributed by atoms with Gasteiger partial charge < -0.3 is 5.32 Å². The summed E-state index contributed by atoms with van der Waals surface area (Å²) in [5.74, 6) is 0. The van der Waals surface area contributed by atoms with Crippen LogP contribution < -0.4 is 5.32 Å². The molecule has 2 rings (SSSR count). The Morgan fingerprint density at radius 1 is 1.29 bits per heavy atom. The molecule has 1 heterocycles. The van der Waals surface area contributed by atoms with Crippen molar-refractivity contribution in [3.63, 3.8) is 0 Å². The molecule has 0 spiro atoms. The van der Waals surface area contributed by atoms with E-state index in [-0.39, 0.29) is 0 Å². The van der Waals surface area contributed by atoms with Gasteiger partial charge in [0.25, 0.3) is 0 Å². The van der Waals surface area contributed by atoms with Crippen molar-refractivity contribution in [2.75, 3.05) is 13.6 Å². The Kier molecular flexibility index (Phi) is 4.54. The van der Waals surface area contributed by atoms with Crippen LogP contribution in [0.4, 0.5) is 0 Å². The minimum absolute atomic E-state index is 0.763. The number of rotatable bonds is 5. The summed E-state index contributed by atoms with van der Waals surface area (Å²) in [5, 5.41) is 7.12. The second-order valence-electron chi connectivity index (χ2n) is 3.86. The van der Waals surface area contributed by atoms with Gasteiger partial charge in [-0.3, -0.25) is 0 Å². The molecule has 17 heavy (non-hydrogen) atoms. The van der Waals surface area contributed by atoms with Gasteiger partial charge in [-0.2, -0.15) is 0 Å². The highest BCUT2D eigenvalue weighted by Gasteiger charge is 2.04. The molecule has 90 valence electrons. The predicted octanol–water partition coefficient (Wildman–Crippen LogP) is 3.62. The average Bonchev–Trinajstić information content (AvgIpc) is 2.79. The van der Waals surface area contributed by atoms with Crippen LogP contribution in [0, 0.1) is 0 Å². The molecule has 0 saturated carbocycles. The van der Waals surface area contributed by atoms with E-state index in [0.29, 0.717) is 0 Å². The van der Waals surface area contributed by atoms with Crippen LogP contribution in [0.15, 0.2) is 29.6 Å². The molecule has 0 aliphatic carbocycles. The van der Waals surface area contributed by atoms with E-state index in [4.69, 9.17) is 11.6 Å². The summed E-state index contributed by atoms with van der Waals surface area (Å²) in [6.07, 6.45) is 2.16. The van der Waals surface area contributed by atoms with Crippen molar-refractivity contribution < 1.29 is 0 Å². The van der Waals surface area contributed by atoms with Crippen LogP contribution in [-0.2, 0) is 6.42 Å². The van der Waals surface area contributed by atoms with Crippen LogP contribution in [0.2, 0.25) is 5.02 Å².